The number of likely N-dealkylation sites (tertiary alicyclic amines) is 1. The van der Waals surface area contributed by atoms with Gasteiger partial charge in [0.25, 0.3) is 5.91 Å². The van der Waals surface area contributed by atoms with Gasteiger partial charge in [-0.15, -0.1) is 0 Å². The van der Waals surface area contributed by atoms with Gasteiger partial charge < -0.3 is 15.5 Å². The Bertz CT molecular complexity index is 869. The first-order valence-electron chi connectivity index (χ1n) is 10.1. The zero-order valence-electron chi connectivity index (χ0n) is 17.0. The van der Waals surface area contributed by atoms with E-state index in [1.54, 1.807) is 0 Å². The first kappa shape index (κ1) is 21.2. The molecular formula is C23H28ClN3O2. The highest BCUT2D eigenvalue weighted by molar-refractivity contribution is 6.31. The Morgan fingerprint density at radius 1 is 1.17 bits per heavy atom. The van der Waals surface area contributed by atoms with E-state index in [0.29, 0.717) is 23.7 Å². The summed E-state index contributed by atoms with van der Waals surface area (Å²) in [4.78, 5) is 26.9. The molecule has 1 fully saturated rings. The minimum Gasteiger partial charge on any atom is -0.348 e. The van der Waals surface area contributed by atoms with Gasteiger partial charge in [-0.25, -0.2) is 4.79 Å². The summed E-state index contributed by atoms with van der Waals surface area (Å²) < 4.78 is 0. The van der Waals surface area contributed by atoms with Crippen LogP contribution >= 0.6 is 11.6 Å². The number of hydrogen-bond donors (Lipinski definition) is 2. The lowest BCUT2D eigenvalue weighted by atomic mass is 9.89. The maximum Gasteiger partial charge on any atom is 0.317 e. The molecule has 1 aliphatic heterocycles. The SMILES string of the molecule is CC(C)NC(=O)N1CCC[C@H](c2cccc(C(=O)NCc3ccccc3Cl)c2)C1. The van der Waals surface area contributed by atoms with Gasteiger partial charge >= 0.3 is 6.03 Å². The van der Waals surface area contributed by atoms with Crippen LogP contribution in [0.2, 0.25) is 5.02 Å². The van der Waals surface area contributed by atoms with Gasteiger partial charge in [-0.3, -0.25) is 4.79 Å². The van der Waals surface area contributed by atoms with Crippen molar-refractivity contribution in [2.24, 2.45) is 0 Å². The molecule has 0 radical (unpaired) electrons. The lowest BCUT2D eigenvalue weighted by molar-refractivity contribution is 0.0950. The second-order valence-electron chi connectivity index (χ2n) is 7.79. The number of amides is 3. The molecule has 0 unspecified atom stereocenters. The molecule has 5 nitrogen and oxygen atoms in total. The fraction of sp³-hybridized carbons (Fsp3) is 0.391. The van der Waals surface area contributed by atoms with Crippen LogP contribution in [0.3, 0.4) is 0 Å². The number of rotatable bonds is 5. The Hall–Kier alpha value is -2.53. The number of urea groups is 1. The topological polar surface area (TPSA) is 61.4 Å². The lowest BCUT2D eigenvalue weighted by Gasteiger charge is -2.33. The van der Waals surface area contributed by atoms with Crippen molar-refractivity contribution in [1.82, 2.24) is 15.5 Å². The zero-order valence-corrected chi connectivity index (χ0v) is 17.7. The van der Waals surface area contributed by atoms with Crippen molar-refractivity contribution in [1.29, 1.82) is 0 Å². The van der Waals surface area contributed by atoms with E-state index in [2.05, 4.69) is 10.6 Å². The molecule has 154 valence electrons. The van der Waals surface area contributed by atoms with Crippen molar-refractivity contribution < 1.29 is 9.59 Å². The van der Waals surface area contributed by atoms with Gasteiger partial charge in [0.05, 0.1) is 0 Å². The number of carbonyl (C=O) groups excluding carboxylic acids is 2. The van der Waals surface area contributed by atoms with Gasteiger partial charge in [-0.05, 0) is 56.0 Å². The van der Waals surface area contributed by atoms with Crippen molar-refractivity contribution >= 4 is 23.5 Å². The van der Waals surface area contributed by atoms with Crippen LogP contribution in [-0.4, -0.2) is 36.0 Å². The number of halogens is 1. The van der Waals surface area contributed by atoms with Crippen LogP contribution in [0, 0.1) is 0 Å². The normalized spacial score (nSPS) is 16.6. The second-order valence-corrected chi connectivity index (χ2v) is 8.20. The Labute approximate surface area is 177 Å². The Balaban J connectivity index is 1.64. The van der Waals surface area contributed by atoms with Crippen LogP contribution in [0.1, 0.15) is 54.1 Å². The number of piperidine rings is 1. The molecular weight excluding hydrogens is 386 g/mol. The van der Waals surface area contributed by atoms with E-state index in [-0.39, 0.29) is 23.9 Å². The summed E-state index contributed by atoms with van der Waals surface area (Å²) in [6.45, 7) is 5.75. The number of carbonyl (C=O) groups is 2. The second kappa shape index (κ2) is 9.79. The van der Waals surface area contributed by atoms with Crippen LogP contribution in [0.25, 0.3) is 0 Å². The molecule has 3 rings (SSSR count). The maximum absolute atomic E-state index is 12.6. The maximum atomic E-state index is 12.6. The minimum absolute atomic E-state index is 0.0154. The van der Waals surface area contributed by atoms with Crippen LogP contribution < -0.4 is 10.6 Å². The third-order valence-electron chi connectivity index (χ3n) is 5.14. The molecule has 6 heteroatoms. The molecule has 29 heavy (non-hydrogen) atoms. The lowest BCUT2D eigenvalue weighted by Crippen LogP contribution is -2.47. The molecule has 1 saturated heterocycles. The summed E-state index contributed by atoms with van der Waals surface area (Å²) in [5.74, 6) is 0.106. The fourth-order valence-corrected chi connectivity index (χ4v) is 3.83. The summed E-state index contributed by atoms with van der Waals surface area (Å²) in [6.07, 6.45) is 1.97. The molecule has 2 N–H and O–H groups in total. The summed E-state index contributed by atoms with van der Waals surface area (Å²) in [5.41, 5.74) is 2.61. The van der Waals surface area contributed by atoms with E-state index >= 15 is 0 Å². The average molecular weight is 414 g/mol. The highest BCUT2D eigenvalue weighted by atomic mass is 35.5. The number of nitrogens with zero attached hydrogens (tertiary/aromatic N) is 1. The van der Waals surface area contributed by atoms with Crippen LogP contribution in [0.4, 0.5) is 4.79 Å². The van der Waals surface area contributed by atoms with E-state index < -0.39 is 0 Å². The first-order chi connectivity index (χ1) is 13.9. The number of nitrogens with one attached hydrogen (secondary N) is 2. The molecule has 1 aliphatic rings. The van der Waals surface area contributed by atoms with E-state index in [1.807, 2.05) is 67.3 Å². The molecule has 1 heterocycles. The zero-order chi connectivity index (χ0) is 20.8. The summed E-state index contributed by atoms with van der Waals surface area (Å²) in [7, 11) is 0. The van der Waals surface area contributed by atoms with E-state index in [1.165, 1.54) is 0 Å². The van der Waals surface area contributed by atoms with Gasteiger partial charge in [0, 0.05) is 42.2 Å². The van der Waals surface area contributed by atoms with E-state index in [4.69, 9.17) is 11.6 Å². The van der Waals surface area contributed by atoms with Gasteiger partial charge in [-0.2, -0.15) is 0 Å². The smallest absolute Gasteiger partial charge is 0.317 e. The van der Waals surface area contributed by atoms with Gasteiger partial charge in [0.2, 0.25) is 0 Å². The Morgan fingerprint density at radius 3 is 2.72 bits per heavy atom. The van der Waals surface area contributed by atoms with Crippen LogP contribution in [0.5, 0.6) is 0 Å². The molecule has 2 aromatic carbocycles. The Kier molecular flexibility index (Phi) is 7.15. The predicted octanol–water partition coefficient (Wildman–Crippen LogP) is 4.57. The third-order valence-corrected chi connectivity index (χ3v) is 5.51. The van der Waals surface area contributed by atoms with Crippen molar-refractivity contribution in [2.45, 2.75) is 45.2 Å². The molecule has 0 spiro atoms. The summed E-state index contributed by atoms with van der Waals surface area (Å²) in [5, 5.41) is 6.54. The molecule has 0 aromatic heterocycles. The third kappa shape index (κ3) is 5.73. The quantitative estimate of drug-likeness (QED) is 0.754. The van der Waals surface area contributed by atoms with Crippen LogP contribution in [-0.2, 0) is 6.54 Å². The summed E-state index contributed by atoms with van der Waals surface area (Å²) >= 11 is 6.16. The average Bonchev–Trinajstić information content (AvgIpc) is 2.72. The van der Waals surface area contributed by atoms with Gasteiger partial charge in [-0.1, -0.05) is 41.9 Å². The van der Waals surface area contributed by atoms with Crippen molar-refractivity contribution in [2.75, 3.05) is 13.1 Å². The number of benzene rings is 2. The first-order valence-corrected chi connectivity index (χ1v) is 10.5. The minimum atomic E-state index is -0.128. The van der Waals surface area contributed by atoms with Crippen molar-refractivity contribution in [3.05, 3.63) is 70.2 Å². The van der Waals surface area contributed by atoms with Crippen molar-refractivity contribution in [3.63, 3.8) is 0 Å². The predicted molar refractivity (Wildman–Crippen MR) is 116 cm³/mol. The van der Waals surface area contributed by atoms with E-state index in [0.717, 1.165) is 30.5 Å². The molecule has 0 aliphatic carbocycles. The fourth-order valence-electron chi connectivity index (χ4n) is 3.63. The number of hydrogen-bond acceptors (Lipinski definition) is 2. The standard InChI is InChI=1S/C23H28ClN3O2/c1-16(2)26-23(29)27-12-6-10-20(15-27)17-8-5-9-18(13-17)22(28)25-14-19-7-3-4-11-21(19)24/h3-5,7-9,11,13,16,20H,6,10,12,14-15H2,1-2H3,(H,25,28)(H,26,29)/t20-/m0/s1. The largest absolute Gasteiger partial charge is 0.348 e. The molecule has 0 saturated carbocycles. The summed E-state index contributed by atoms with van der Waals surface area (Å²) in [6, 6.07) is 15.3. The molecule has 1 atom stereocenters. The Morgan fingerprint density at radius 2 is 1.97 bits per heavy atom. The highest BCUT2D eigenvalue weighted by Crippen LogP contribution is 2.27. The van der Waals surface area contributed by atoms with Gasteiger partial charge in [0.15, 0.2) is 0 Å². The highest BCUT2D eigenvalue weighted by Gasteiger charge is 2.25. The molecule has 3 amide bonds. The van der Waals surface area contributed by atoms with Crippen molar-refractivity contribution in [3.8, 4) is 0 Å². The van der Waals surface area contributed by atoms with E-state index in [9.17, 15) is 9.59 Å². The van der Waals surface area contributed by atoms with Crippen LogP contribution in [0.15, 0.2) is 48.5 Å². The molecule has 0 bridgehead atoms. The molecule has 2 aromatic rings. The van der Waals surface area contributed by atoms with Gasteiger partial charge in [0.1, 0.15) is 0 Å². The monoisotopic (exact) mass is 413 g/mol.